The maximum atomic E-state index is 12.8. The molecule has 1 heterocycles. The van der Waals surface area contributed by atoms with Gasteiger partial charge in [-0.2, -0.15) is 0 Å². The van der Waals surface area contributed by atoms with Crippen LogP contribution in [0, 0.1) is 11.3 Å². The third-order valence-electron chi connectivity index (χ3n) is 4.61. The number of carbonyl (C=O) groups is 3. The molecule has 1 N–H and O–H groups in total. The number of hydrogen-bond acceptors (Lipinski definition) is 5. The predicted octanol–water partition coefficient (Wildman–Crippen LogP) is 0.921. The molecule has 1 spiro atoms. The molecule has 1 saturated heterocycles. The lowest BCUT2D eigenvalue weighted by atomic mass is 10.0. The van der Waals surface area contributed by atoms with E-state index in [1.807, 2.05) is 13.8 Å². The highest BCUT2D eigenvalue weighted by atomic mass is 16.5. The number of hydrogen-bond donors (Lipinski definition) is 1. The minimum atomic E-state index is -0.714. The van der Waals surface area contributed by atoms with Crippen molar-refractivity contribution in [2.45, 2.75) is 45.2 Å². The van der Waals surface area contributed by atoms with Crippen molar-refractivity contribution in [1.82, 2.24) is 10.2 Å². The molecular weight excluding hydrogens is 288 g/mol. The van der Waals surface area contributed by atoms with E-state index in [0.29, 0.717) is 13.0 Å². The fourth-order valence-electron chi connectivity index (χ4n) is 3.05. The molecule has 2 atom stereocenters. The zero-order chi connectivity index (χ0) is 16.5. The molecule has 1 saturated carbocycles. The van der Waals surface area contributed by atoms with E-state index in [1.165, 1.54) is 14.2 Å². The summed E-state index contributed by atoms with van der Waals surface area (Å²) in [5, 5.41) is 2.56. The Bertz CT molecular complexity index is 473. The molecule has 2 fully saturated rings. The predicted molar refractivity (Wildman–Crippen MR) is 78.0 cm³/mol. The van der Waals surface area contributed by atoms with Crippen LogP contribution >= 0.6 is 0 Å². The molecule has 2 rings (SSSR count). The van der Waals surface area contributed by atoms with Gasteiger partial charge in [-0.25, -0.2) is 9.59 Å². The number of alkyl carbamates (subject to hydrolysis) is 1. The molecule has 0 aromatic heterocycles. The Balaban J connectivity index is 2.16. The topological polar surface area (TPSA) is 84.9 Å². The number of ether oxygens (including phenoxy) is 2. The number of nitrogens with one attached hydrogen (secondary N) is 1. The van der Waals surface area contributed by atoms with Gasteiger partial charge in [0.25, 0.3) is 0 Å². The van der Waals surface area contributed by atoms with Gasteiger partial charge in [0.15, 0.2) is 0 Å². The van der Waals surface area contributed by atoms with E-state index in [0.717, 1.165) is 12.8 Å². The van der Waals surface area contributed by atoms with Crippen LogP contribution in [0.2, 0.25) is 0 Å². The molecule has 22 heavy (non-hydrogen) atoms. The fourth-order valence-corrected chi connectivity index (χ4v) is 3.05. The van der Waals surface area contributed by atoms with Crippen LogP contribution in [0.3, 0.4) is 0 Å². The van der Waals surface area contributed by atoms with E-state index >= 15 is 0 Å². The van der Waals surface area contributed by atoms with Gasteiger partial charge in [0.1, 0.15) is 12.1 Å². The van der Waals surface area contributed by atoms with Crippen molar-refractivity contribution in [3.63, 3.8) is 0 Å². The van der Waals surface area contributed by atoms with Crippen molar-refractivity contribution in [3.05, 3.63) is 0 Å². The third-order valence-corrected chi connectivity index (χ3v) is 4.61. The van der Waals surface area contributed by atoms with Crippen LogP contribution < -0.4 is 5.32 Å². The van der Waals surface area contributed by atoms with Gasteiger partial charge in [0.05, 0.1) is 14.2 Å². The minimum absolute atomic E-state index is 0.0707. The molecule has 1 aliphatic carbocycles. The summed E-state index contributed by atoms with van der Waals surface area (Å²) in [6.07, 6.45) is 2.05. The molecule has 0 bridgehead atoms. The average Bonchev–Trinajstić information content (AvgIpc) is 3.13. The smallest absolute Gasteiger partial charge is 0.407 e. The van der Waals surface area contributed by atoms with Gasteiger partial charge in [0, 0.05) is 6.54 Å². The maximum absolute atomic E-state index is 12.8. The first-order valence-electron chi connectivity index (χ1n) is 7.56. The van der Waals surface area contributed by atoms with Crippen molar-refractivity contribution < 1.29 is 23.9 Å². The lowest BCUT2D eigenvalue weighted by molar-refractivity contribution is -0.151. The number of methoxy groups -OCH3 is 2. The van der Waals surface area contributed by atoms with Crippen molar-refractivity contribution in [1.29, 1.82) is 0 Å². The minimum Gasteiger partial charge on any atom is -0.467 e. The molecule has 0 radical (unpaired) electrons. The maximum Gasteiger partial charge on any atom is 0.407 e. The van der Waals surface area contributed by atoms with Crippen LogP contribution in [0.5, 0.6) is 0 Å². The molecule has 7 nitrogen and oxygen atoms in total. The summed E-state index contributed by atoms with van der Waals surface area (Å²) < 4.78 is 9.41. The molecule has 2 amide bonds. The van der Waals surface area contributed by atoms with Crippen molar-refractivity contribution in [2.24, 2.45) is 11.3 Å². The van der Waals surface area contributed by atoms with Gasteiger partial charge >= 0.3 is 12.1 Å². The Morgan fingerprint density at radius 2 is 1.82 bits per heavy atom. The second kappa shape index (κ2) is 6.14. The molecule has 2 unspecified atom stereocenters. The number of nitrogens with zero attached hydrogens (tertiary/aromatic N) is 1. The summed E-state index contributed by atoms with van der Waals surface area (Å²) in [4.78, 5) is 37.9. The Morgan fingerprint density at radius 3 is 2.27 bits per heavy atom. The zero-order valence-electron chi connectivity index (χ0n) is 13.5. The summed E-state index contributed by atoms with van der Waals surface area (Å²) in [6.45, 7) is 4.24. The van der Waals surface area contributed by atoms with Crippen molar-refractivity contribution in [2.75, 3.05) is 20.8 Å². The Labute approximate surface area is 130 Å². The molecule has 0 aromatic carbocycles. The van der Waals surface area contributed by atoms with E-state index in [4.69, 9.17) is 4.74 Å². The molecule has 2 aliphatic rings. The van der Waals surface area contributed by atoms with Crippen LogP contribution in [0.15, 0.2) is 0 Å². The summed E-state index contributed by atoms with van der Waals surface area (Å²) >= 11 is 0. The Morgan fingerprint density at radius 1 is 1.18 bits per heavy atom. The summed E-state index contributed by atoms with van der Waals surface area (Å²) in [7, 11) is 2.58. The quantitative estimate of drug-likeness (QED) is 0.780. The molecule has 1 aliphatic heterocycles. The van der Waals surface area contributed by atoms with Gasteiger partial charge in [-0.1, -0.05) is 13.8 Å². The van der Waals surface area contributed by atoms with Gasteiger partial charge in [0.2, 0.25) is 5.91 Å². The number of rotatable bonds is 4. The van der Waals surface area contributed by atoms with Crippen molar-refractivity contribution >= 4 is 18.0 Å². The van der Waals surface area contributed by atoms with Gasteiger partial charge in [-0.15, -0.1) is 0 Å². The monoisotopic (exact) mass is 312 g/mol. The Kier molecular flexibility index (Phi) is 4.63. The number of carbonyl (C=O) groups excluding carboxylic acids is 3. The number of likely N-dealkylation sites (tertiary alicyclic amines) is 1. The highest BCUT2D eigenvalue weighted by Gasteiger charge is 2.56. The summed E-state index contributed by atoms with van der Waals surface area (Å²) in [5.41, 5.74) is 0.0707. The van der Waals surface area contributed by atoms with E-state index in [2.05, 4.69) is 10.1 Å². The second-order valence-corrected chi connectivity index (χ2v) is 6.57. The molecule has 124 valence electrons. The first kappa shape index (κ1) is 16.6. The van der Waals surface area contributed by atoms with Crippen LogP contribution in [-0.4, -0.2) is 55.7 Å². The normalized spacial score (nSPS) is 23.3. The summed E-state index contributed by atoms with van der Waals surface area (Å²) in [6, 6.07) is -1.27. The van der Waals surface area contributed by atoms with Crippen LogP contribution in [0.4, 0.5) is 4.79 Å². The lowest BCUT2D eigenvalue weighted by Gasteiger charge is -2.29. The number of esters is 1. The van der Waals surface area contributed by atoms with Gasteiger partial charge in [-0.05, 0) is 30.6 Å². The SMILES string of the molecule is COC(=O)NC(C(=O)N1CC2(CC2)CC1C(=O)OC)C(C)C. The van der Waals surface area contributed by atoms with Crippen LogP contribution in [0.25, 0.3) is 0 Å². The molecule has 0 aromatic rings. The largest absolute Gasteiger partial charge is 0.467 e. The Hall–Kier alpha value is -1.79. The third kappa shape index (κ3) is 3.18. The van der Waals surface area contributed by atoms with E-state index < -0.39 is 24.1 Å². The molecule has 7 heteroatoms. The first-order valence-corrected chi connectivity index (χ1v) is 7.56. The highest BCUT2D eigenvalue weighted by Crippen LogP contribution is 2.55. The van der Waals surface area contributed by atoms with E-state index in [9.17, 15) is 14.4 Å². The molecular formula is C15H24N2O5. The van der Waals surface area contributed by atoms with Gasteiger partial charge < -0.3 is 19.7 Å². The number of amides is 2. The fraction of sp³-hybridized carbons (Fsp3) is 0.800. The average molecular weight is 312 g/mol. The van der Waals surface area contributed by atoms with Gasteiger partial charge in [-0.3, -0.25) is 4.79 Å². The van der Waals surface area contributed by atoms with E-state index in [-0.39, 0.29) is 17.2 Å². The second-order valence-electron chi connectivity index (χ2n) is 6.57. The summed E-state index contributed by atoms with van der Waals surface area (Å²) in [5.74, 6) is -0.752. The lowest BCUT2D eigenvalue weighted by Crippen LogP contribution is -2.54. The highest BCUT2D eigenvalue weighted by molar-refractivity contribution is 5.90. The van der Waals surface area contributed by atoms with Crippen LogP contribution in [0.1, 0.15) is 33.1 Å². The van der Waals surface area contributed by atoms with Crippen LogP contribution in [-0.2, 0) is 19.1 Å². The standard InChI is InChI=1S/C15H24N2O5/c1-9(2)11(16-14(20)22-4)12(18)17-8-15(5-6-15)7-10(17)13(19)21-3/h9-11H,5-8H2,1-4H3,(H,16,20). The first-order chi connectivity index (χ1) is 10.3. The van der Waals surface area contributed by atoms with Crippen molar-refractivity contribution in [3.8, 4) is 0 Å². The zero-order valence-corrected chi connectivity index (χ0v) is 13.5. The van der Waals surface area contributed by atoms with E-state index in [1.54, 1.807) is 4.90 Å².